The second-order valence-corrected chi connectivity index (χ2v) is 6.73. The summed E-state index contributed by atoms with van der Waals surface area (Å²) in [7, 11) is 0. The first-order valence-corrected chi connectivity index (χ1v) is 7.95. The van der Waals surface area contributed by atoms with Crippen molar-refractivity contribution in [1.82, 2.24) is 4.90 Å². The molecule has 2 rings (SSSR count). The number of rotatable bonds is 4. The van der Waals surface area contributed by atoms with Crippen molar-refractivity contribution in [3.8, 4) is 0 Å². The maximum Gasteiger partial charge on any atom is 0.222 e. The van der Waals surface area contributed by atoms with Gasteiger partial charge in [0.15, 0.2) is 0 Å². The van der Waals surface area contributed by atoms with Crippen molar-refractivity contribution in [2.45, 2.75) is 39.5 Å². The lowest BCUT2D eigenvalue weighted by atomic mass is 9.80. The molecular weight excluding hydrogens is 280 g/mol. The zero-order valence-corrected chi connectivity index (χ0v) is 13.7. The summed E-state index contributed by atoms with van der Waals surface area (Å²) in [5.41, 5.74) is 8.19. The minimum Gasteiger partial charge on any atom is -0.393 e. The standard InChI is InChI=1S/C17H24N2OS/c1-13-3-5-14(6-4-13)7-8-15(20)19-11-9-17(2,10-12-19)16(18)21/h3-6H,7-12H2,1-2H3,(H2,18,21). The summed E-state index contributed by atoms with van der Waals surface area (Å²) >= 11 is 5.13. The number of nitrogens with zero attached hydrogens (tertiary/aromatic N) is 1. The van der Waals surface area contributed by atoms with Crippen LogP contribution in [0.15, 0.2) is 24.3 Å². The van der Waals surface area contributed by atoms with Crippen LogP contribution in [-0.4, -0.2) is 28.9 Å². The average Bonchev–Trinajstić information content (AvgIpc) is 2.47. The molecule has 0 atom stereocenters. The number of carbonyl (C=O) groups excluding carboxylic acids is 1. The van der Waals surface area contributed by atoms with Crippen LogP contribution in [0.3, 0.4) is 0 Å². The van der Waals surface area contributed by atoms with E-state index in [2.05, 4.69) is 38.1 Å². The van der Waals surface area contributed by atoms with Gasteiger partial charge in [-0.15, -0.1) is 0 Å². The highest BCUT2D eigenvalue weighted by atomic mass is 32.1. The second-order valence-electron chi connectivity index (χ2n) is 6.29. The Labute approximate surface area is 132 Å². The predicted molar refractivity (Wildman–Crippen MR) is 90.2 cm³/mol. The molecule has 0 unspecified atom stereocenters. The number of nitrogens with two attached hydrogens (primary N) is 1. The van der Waals surface area contributed by atoms with Crippen LogP contribution in [0, 0.1) is 12.3 Å². The number of piperidine rings is 1. The molecule has 1 aromatic rings. The fourth-order valence-electron chi connectivity index (χ4n) is 2.66. The first-order chi connectivity index (χ1) is 9.90. The Hall–Kier alpha value is -1.42. The number of benzene rings is 1. The molecule has 4 heteroatoms. The van der Waals surface area contributed by atoms with Crippen molar-refractivity contribution >= 4 is 23.1 Å². The van der Waals surface area contributed by atoms with Gasteiger partial charge in [-0.2, -0.15) is 0 Å². The third kappa shape index (κ3) is 4.03. The first-order valence-electron chi connectivity index (χ1n) is 7.54. The molecule has 114 valence electrons. The van der Waals surface area contributed by atoms with E-state index in [0.717, 1.165) is 32.4 Å². The van der Waals surface area contributed by atoms with Crippen LogP contribution >= 0.6 is 12.2 Å². The monoisotopic (exact) mass is 304 g/mol. The lowest BCUT2D eigenvalue weighted by Gasteiger charge is -2.38. The number of carbonyl (C=O) groups is 1. The zero-order valence-electron chi connectivity index (χ0n) is 12.9. The molecular formula is C17H24N2OS. The summed E-state index contributed by atoms with van der Waals surface area (Å²) in [5, 5.41) is 0. The van der Waals surface area contributed by atoms with E-state index in [0.29, 0.717) is 11.4 Å². The van der Waals surface area contributed by atoms with Gasteiger partial charge in [0.05, 0.1) is 4.99 Å². The summed E-state index contributed by atoms with van der Waals surface area (Å²) in [6, 6.07) is 8.38. The highest BCUT2D eigenvalue weighted by Crippen LogP contribution is 2.31. The number of hydrogen-bond acceptors (Lipinski definition) is 2. The average molecular weight is 304 g/mol. The van der Waals surface area contributed by atoms with Crippen LogP contribution in [0.1, 0.15) is 37.3 Å². The Kier molecular flexibility index (Phi) is 4.99. The van der Waals surface area contributed by atoms with E-state index in [1.807, 2.05) is 4.90 Å². The molecule has 3 nitrogen and oxygen atoms in total. The van der Waals surface area contributed by atoms with Crippen molar-refractivity contribution in [3.05, 3.63) is 35.4 Å². The van der Waals surface area contributed by atoms with Crippen molar-refractivity contribution in [3.63, 3.8) is 0 Å². The predicted octanol–water partition coefficient (Wildman–Crippen LogP) is 2.84. The molecule has 21 heavy (non-hydrogen) atoms. The van der Waals surface area contributed by atoms with Crippen LogP contribution in [-0.2, 0) is 11.2 Å². The molecule has 1 saturated heterocycles. The Bertz CT molecular complexity index is 516. The van der Waals surface area contributed by atoms with Gasteiger partial charge in [-0.1, -0.05) is 49.0 Å². The minimum absolute atomic E-state index is 0.0803. The van der Waals surface area contributed by atoms with Gasteiger partial charge in [-0.25, -0.2) is 0 Å². The molecule has 1 aliphatic heterocycles. The van der Waals surface area contributed by atoms with E-state index >= 15 is 0 Å². The molecule has 0 aliphatic carbocycles. The Balaban J connectivity index is 1.82. The third-order valence-corrected chi connectivity index (χ3v) is 5.06. The molecule has 1 aliphatic rings. The second kappa shape index (κ2) is 6.56. The molecule has 1 aromatic carbocycles. The molecule has 1 fully saturated rings. The summed E-state index contributed by atoms with van der Waals surface area (Å²) in [4.78, 5) is 14.8. The quantitative estimate of drug-likeness (QED) is 0.870. The van der Waals surface area contributed by atoms with Gasteiger partial charge in [-0.05, 0) is 31.7 Å². The molecule has 0 saturated carbocycles. The topological polar surface area (TPSA) is 46.3 Å². The lowest BCUT2D eigenvalue weighted by Crippen LogP contribution is -2.46. The van der Waals surface area contributed by atoms with Gasteiger partial charge < -0.3 is 10.6 Å². The van der Waals surface area contributed by atoms with Crippen molar-refractivity contribution in [2.24, 2.45) is 11.1 Å². The van der Waals surface area contributed by atoms with Gasteiger partial charge >= 0.3 is 0 Å². The highest BCUT2D eigenvalue weighted by Gasteiger charge is 2.33. The maximum atomic E-state index is 12.3. The zero-order chi connectivity index (χ0) is 15.5. The van der Waals surface area contributed by atoms with E-state index < -0.39 is 0 Å². The van der Waals surface area contributed by atoms with E-state index in [9.17, 15) is 4.79 Å². The van der Waals surface area contributed by atoms with Gasteiger partial charge in [0.1, 0.15) is 0 Å². The normalized spacial score (nSPS) is 17.5. The van der Waals surface area contributed by atoms with E-state index in [-0.39, 0.29) is 11.3 Å². The van der Waals surface area contributed by atoms with Gasteiger partial charge in [-0.3, -0.25) is 4.79 Å². The fourth-order valence-corrected chi connectivity index (χ4v) is 2.86. The molecule has 0 aromatic heterocycles. The molecule has 1 heterocycles. The van der Waals surface area contributed by atoms with Crippen LogP contribution in [0.25, 0.3) is 0 Å². The largest absolute Gasteiger partial charge is 0.393 e. The Morgan fingerprint density at radius 1 is 1.29 bits per heavy atom. The highest BCUT2D eigenvalue weighted by molar-refractivity contribution is 7.80. The van der Waals surface area contributed by atoms with Crippen LogP contribution in [0.4, 0.5) is 0 Å². The SMILES string of the molecule is Cc1ccc(CCC(=O)N2CCC(C)(C(N)=S)CC2)cc1. The van der Waals surface area contributed by atoms with Crippen molar-refractivity contribution < 1.29 is 4.79 Å². The van der Waals surface area contributed by atoms with Gasteiger partial charge in [0, 0.05) is 24.9 Å². The number of thiocarbonyl (C=S) groups is 1. The van der Waals surface area contributed by atoms with Crippen molar-refractivity contribution in [1.29, 1.82) is 0 Å². The van der Waals surface area contributed by atoms with Gasteiger partial charge in [0.25, 0.3) is 0 Å². The van der Waals surface area contributed by atoms with Crippen LogP contribution in [0.5, 0.6) is 0 Å². The van der Waals surface area contributed by atoms with E-state index in [4.69, 9.17) is 18.0 Å². The molecule has 2 N–H and O–H groups in total. The summed E-state index contributed by atoms with van der Waals surface area (Å²) in [6.07, 6.45) is 3.13. The van der Waals surface area contributed by atoms with Crippen LogP contribution < -0.4 is 5.73 Å². The summed E-state index contributed by atoms with van der Waals surface area (Å²) < 4.78 is 0. The van der Waals surface area contributed by atoms with Crippen LogP contribution in [0.2, 0.25) is 0 Å². The molecule has 0 bridgehead atoms. The summed E-state index contributed by atoms with van der Waals surface area (Å²) in [6.45, 7) is 5.70. The maximum absolute atomic E-state index is 12.3. The number of hydrogen-bond donors (Lipinski definition) is 1. The van der Waals surface area contributed by atoms with E-state index in [1.54, 1.807) is 0 Å². The molecule has 0 radical (unpaired) electrons. The lowest BCUT2D eigenvalue weighted by molar-refractivity contribution is -0.132. The fraction of sp³-hybridized carbons (Fsp3) is 0.529. The van der Waals surface area contributed by atoms with Gasteiger partial charge in [0.2, 0.25) is 5.91 Å². The minimum atomic E-state index is -0.0803. The third-order valence-electron chi connectivity index (χ3n) is 4.56. The number of likely N-dealkylation sites (tertiary alicyclic amines) is 1. The number of amides is 1. The first kappa shape index (κ1) is 16.0. The smallest absolute Gasteiger partial charge is 0.222 e. The Morgan fingerprint density at radius 2 is 1.86 bits per heavy atom. The molecule has 1 amide bonds. The summed E-state index contributed by atoms with van der Waals surface area (Å²) in [5.74, 6) is 0.237. The Morgan fingerprint density at radius 3 is 2.38 bits per heavy atom. The van der Waals surface area contributed by atoms with Crippen molar-refractivity contribution in [2.75, 3.05) is 13.1 Å². The number of aryl methyl sites for hydroxylation is 2. The molecule has 0 spiro atoms. The van der Waals surface area contributed by atoms with E-state index in [1.165, 1.54) is 11.1 Å².